The van der Waals surface area contributed by atoms with E-state index in [0.717, 1.165) is 61.1 Å². The number of rotatable bonds is 9. The SMILES string of the molecule is CSCC[C@H](C(=O)NCCCc1nc2ccccc2[nH]1)N1C(=O)[C@@H]2CCCC[C@H]2C1=O. The van der Waals surface area contributed by atoms with Gasteiger partial charge >= 0.3 is 0 Å². The van der Waals surface area contributed by atoms with E-state index in [4.69, 9.17) is 0 Å². The fourth-order valence-electron chi connectivity index (χ4n) is 4.81. The first-order valence-corrected chi connectivity index (χ1v) is 12.6. The van der Waals surface area contributed by atoms with Crippen molar-refractivity contribution < 1.29 is 14.4 Å². The Morgan fingerprint density at radius 2 is 1.94 bits per heavy atom. The van der Waals surface area contributed by atoms with Gasteiger partial charge in [-0.15, -0.1) is 0 Å². The molecule has 4 rings (SSSR count). The summed E-state index contributed by atoms with van der Waals surface area (Å²) in [6, 6.07) is 7.18. The number of likely N-dealkylation sites (tertiary alicyclic amines) is 1. The number of nitrogens with zero attached hydrogens (tertiary/aromatic N) is 2. The number of hydrogen-bond acceptors (Lipinski definition) is 5. The van der Waals surface area contributed by atoms with Crippen LogP contribution in [0.3, 0.4) is 0 Å². The molecule has 1 aliphatic heterocycles. The number of nitrogens with one attached hydrogen (secondary N) is 2. The monoisotopic (exact) mass is 442 g/mol. The lowest BCUT2D eigenvalue weighted by Crippen LogP contribution is -2.50. The zero-order valence-electron chi connectivity index (χ0n) is 17.9. The Hall–Kier alpha value is -2.35. The van der Waals surface area contributed by atoms with Crippen LogP contribution in [0.5, 0.6) is 0 Å². The van der Waals surface area contributed by atoms with Gasteiger partial charge in [0.15, 0.2) is 0 Å². The largest absolute Gasteiger partial charge is 0.354 e. The van der Waals surface area contributed by atoms with Crippen molar-refractivity contribution in [2.75, 3.05) is 18.6 Å². The fourth-order valence-corrected chi connectivity index (χ4v) is 5.27. The lowest BCUT2D eigenvalue weighted by atomic mass is 9.81. The number of para-hydroxylation sites is 2. The number of imidazole rings is 1. The number of aromatic amines is 1. The first kappa shape index (κ1) is 21.9. The third-order valence-corrected chi connectivity index (χ3v) is 7.06. The molecule has 2 heterocycles. The molecule has 0 spiro atoms. The molecule has 0 radical (unpaired) electrons. The van der Waals surface area contributed by atoms with E-state index in [1.54, 1.807) is 11.8 Å². The Morgan fingerprint density at radius 1 is 1.23 bits per heavy atom. The van der Waals surface area contributed by atoms with Crippen LogP contribution in [-0.4, -0.2) is 57.2 Å². The quantitative estimate of drug-likeness (QED) is 0.460. The Kier molecular flexibility index (Phi) is 6.95. The lowest BCUT2D eigenvalue weighted by Gasteiger charge is -2.25. The Morgan fingerprint density at radius 3 is 2.61 bits per heavy atom. The van der Waals surface area contributed by atoms with Crippen molar-refractivity contribution in [1.82, 2.24) is 20.2 Å². The van der Waals surface area contributed by atoms with Gasteiger partial charge in [0, 0.05) is 13.0 Å². The number of aryl methyl sites for hydroxylation is 1. The maximum atomic E-state index is 13.0. The van der Waals surface area contributed by atoms with E-state index in [9.17, 15) is 14.4 Å². The molecule has 3 atom stereocenters. The molecule has 3 amide bonds. The molecule has 1 saturated carbocycles. The molecule has 31 heavy (non-hydrogen) atoms. The third kappa shape index (κ3) is 4.63. The predicted octanol–water partition coefficient (Wildman–Crippen LogP) is 2.91. The number of H-pyrrole nitrogens is 1. The van der Waals surface area contributed by atoms with Gasteiger partial charge in [-0.25, -0.2) is 4.98 Å². The number of imide groups is 1. The van der Waals surface area contributed by atoms with Gasteiger partial charge < -0.3 is 10.3 Å². The van der Waals surface area contributed by atoms with E-state index in [1.807, 2.05) is 30.5 Å². The zero-order chi connectivity index (χ0) is 21.8. The van der Waals surface area contributed by atoms with Gasteiger partial charge in [-0.1, -0.05) is 25.0 Å². The fraction of sp³-hybridized carbons (Fsp3) is 0.565. The van der Waals surface area contributed by atoms with Crippen molar-refractivity contribution in [3.05, 3.63) is 30.1 Å². The van der Waals surface area contributed by atoms with E-state index in [1.165, 1.54) is 4.90 Å². The molecule has 8 heteroatoms. The van der Waals surface area contributed by atoms with Crippen LogP contribution >= 0.6 is 11.8 Å². The molecular weight excluding hydrogens is 412 g/mol. The molecule has 2 N–H and O–H groups in total. The molecule has 0 bridgehead atoms. The summed E-state index contributed by atoms with van der Waals surface area (Å²) >= 11 is 1.62. The normalized spacial score (nSPS) is 22.0. The summed E-state index contributed by atoms with van der Waals surface area (Å²) in [6.07, 6.45) is 7.41. The Labute approximate surface area is 186 Å². The zero-order valence-corrected chi connectivity index (χ0v) is 18.7. The summed E-state index contributed by atoms with van der Waals surface area (Å²) in [7, 11) is 0. The van der Waals surface area contributed by atoms with Crippen LogP contribution in [0.15, 0.2) is 24.3 Å². The highest BCUT2D eigenvalue weighted by molar-refractivity contribution is 7.98. The van der Waals surface area contributed by atoms with Gasteiger partial charge in [-0.3, -0.25) is 19.3 Å². The molecule has 1 aromatic carbocycles. The summed E-state index contributed by atoms with van der Waals surface area (Å²) in [6.45, 7) is 0.481. The number of hydrogen-bond donors (Lipinski definition) is 2. The van der Waals surface area contributed by atoms with Crippen molar-refractivity contribution in [3.8, 4) is 0 Å². The number of carbonyl (C=O) groups excluding carboxylic acids is 3. The van der Waals surface area contributed by atoms with E-state index in [0.29, 0.717) is 13.0 Å². The summed E-state index contributed by atoms with van der Waals surface area (Å²) in [5.74, 6) is 0.667. The topological polar surface area (TPSA) is 95.2 Å². The van der Waals surface area contributed by atoms with Gasteiger partial charge in [0.25, 0.3) is 0 Å². The second-order valence-corrected chi connectivity index (χ2v) is 9.42. The van der Waals surface area contributed by atoms with E-state index in [-0.39, 0.29) is 29.6 Å². The summed E-state index contributed by atoms with van der Waals surface area (Å²) < 4.78 is 0. The third-order valence-electron chi connectivity index (χ3n) is 6.41. The van der Waals surface area contributed by atoms with Crippen LogP contribution in [0.25, 0.3) is 11.0 Å². The maximum absolute atomic E-state index is 13.0. The van der Waals surface area contributed by atoms with Crippen LogP contribution in [0, 0.1) is 11.8 Å². The smallest absolute Gasteiger partial charge is 0.243 e. The van der Waals surface area contributed by atoms with Crippen molar-refractivity contribution in [3.63, 3.8) is 0 Å². The number of carbonyl (C=O) groups is 3. The van der Waals surface area contributed by atoms with Gasteiger partial charge in [0.1, 0.15) is 11.9 Å². The minimum Gasteiger partial charge on any atom is -0.354 e. The molecule has 1 aliphatic carbocycles. The van der Waals surface area contributed by atoms with Crippen LogP contribution < -0.4 is 5.32 Å². The number of benzene rings is 1. The number of amides is 3. The molecule has 2 aliphatic rings. The van der Waals surface area contributed by atoms with Crippen LogP contribution in [-0.2, 0) is 20.8 Å². The second kappa shape index (κ2) is 9.85. The highest BCUT2D eigenvalue weighted by Crippen LogP contribution is 2.39. The molecule has 7 nitrogen and oxygen atoms in total. The van der Waals surface area contributed by atoms with Crippen molar-refractivity contribution in [2.45, 2.75) is 51.0 Å². The molecule has 2 aromatic rings. The van der Waals surface area contributed by atoms with Gasteiger partial charge in [0.05, 0.1) is 22.9 Å². The highest BCUT2D eigenvalue weighted by Gasteiger charge is 2.51. The van der Waals surface area contributed by atoms with Crippen molar-refractivity contribution in [1.29, 1.82) is 0 Å². The molecule has 166 valence electrons. The molecule has 1 aromatic heterocycles. The minimum absolute atomic E-state index is 0.141. The highest BCUT2D eigenvalue weighted by atomic mass is 32.2. The number of aromatic nitrogens is 2. The second-order valence-electron chi connectivity index (χ2n) is 8.44. The van der Waals surface area contributed by atoms with Crippen LogP contribution in [0.4, 0.5) is 0 Å². The predicted molar refractivity (Wildman–Crippen MR) is 122 cm³/mol. The van der Waals surface area contributed by atoms with Crippen LogP contribution in [0.2, 0.25) is 0 Å². The standard InChI is InChI=1S/C23H30N4O3S/c1-31-14-12-19(27-22(29)15-7-2-3-8-16(15)23(27)30)21(28)24-13-6-11-20-25-17-9-4-5-10-18(17)26-20/h4-5,9-10,15-16,19H,2-3,6-8,11-14H2,1H3,(H,24,28)(H,25,26)/t15-,16-,19-/m1/s1. The van der Waals surface area contributed by atoms with Crippen molar-refractivity contribution in [2.24, 2.45) is 11.8 Å². The van der Waals surface area contributed by atoms with Gasteiger partial charge in [-0.2, -0.15) is 11.8 Å². The number of fused-ring (bicyclic) bond motifs is 2. The number of thioether (sulfide) groups is 1. The van der Waals surface area contributed by atoms with Crippen molar-refractivity contribution >= 4 is 40.5 Å². The van der Waals surface area contributed by atoms with Gasteiger partial charge in [0.2, 0.25) is 17.7 Å². The Balaban J connectivity index is 1.35. The summed E-state index contributed by atoms with van der Waals surface area (Å²) in [4.78, 5) is 48.1. The lowest BCUT2D eigenvalue weighted by molar-refractivity contribution is -0.148. The summed E-state index contributed by atoms with van der Waals surface area (Å²) in [5, 5.41) is 2.96. The minimum atomic E-state index is -0.704. The average Bonchev–Trinajstić information content (AvgIpc) is 3.31. The summed E-state index contributed by atoms with van der Waals surface area (Å²) in [5.41, 5.74) is 1.94. The van der Waals surface area contributed by atoms with E-state index in [2.05, 4.69) is 15.3 Å². The van der Waals surface area contributed by atoms with Gasteiger partial charge in [-0.05, 0) is 49.8 Å². The van der Waals surface area contributed by atoms with E-state index >= 15 is 0 Å². The molecular formula is C23H30N4O3S. The molecule has 1 saturated heterocycles. The maximum Gasteiger partial charge on any atom is 0.243 e. The molecule has 2 fully saturated rings. The van der Waals surface area contributed by atoms with E-state index < -0.39 is 6.04 Å². The first-order chi connectivity index (χ1) is 15.1. The average molecular weight is 443 g/mol. The Bertz CT molecular complexity index is 902. The molecule has 0 unspecified atom stereocenters. The van der Waals surface area contributed by atoms with Crippen LogP contribution in [0.1, 0.15) is 44.3 Å². The first-order valence-electron chi connectivity index (χ1n) is 11.2.